The highest BCUT2D eigenvalue weighted by molar-refractivity contribution is 7.89. The van der Waals surface area contributed by atoms with Crippen LogP contribution in [-0.4, -0.2) is 24.4 Å². The van der Waals surface area contributed by atoms with Crippen molar-refractivity contribution in [1.82, 2.24) is 4.47 Å². The molecule has 0 saturated heterocycles. The molecular weight excluding hydrogens is 444 g/mol. The van der Waals surface area contributed by atoms with E-state index in [0.29, 0.717) is 19.3 Å². The number of sulfonamides is 1. The summed E-state index contributed by atoms with van der Waals surface area (Å²) in [5, 5.41) is 29.4. The molecule has 0 unspecified atom stereocenters. The van der Waals surface area contributed by atoms with Crippen molar-refractivity contribution < 1.29 is 18.2 Å². The van der Waals surface area contributed by atoms with Crippen LogP contribution in [0.3, 0.4) is 0 Å². The van der Waals surface area contributed by atoms with E-state index in [9.17, 15) is 18.5 Å². The molecular formula is C23H26N4O5S. The fourth-order valence-corrected chi connectivity index (χ4v) is 4.27. The van der Waals surface area contributed by atoms with Crippen LogP contribution in [0.2, 0.25) is 0 Å². The van der Waals surface area contributed by atoms with Crippen LogP contribution in [0.25, 0.3) is 0 Å². The number of aryl methyl sites for hydroxylation is 1. The van der Waals surface area contributed by atoms with Gasteiger partial charge in [0.1, 0.15) is 5.92 Å². The molecule has 0 atom stereocenters. The molecule has 0 aliphatic heterocycles. The molecule has 0 aromatic heterocycles. The quantitative estimate of drug-likeness (QED) is 0.341. The Morgan fingerprint density at radius 1 is 1.09 bits per heavy atom. The highest BCUT2D eigenvalue weighted by Gasteiger charge is 2.31. The number of hydroxylamine groups is 1. The van der Waals surface area contributed by atoms with E-state index >= 15 is 0 Å². The van der Waals surface area contributed by atoms with Gasteiger partial charge in [0.15, 0.2) is 0 Å². The molecule has 0 aliphatic rings. The molecule has 0 bridgehead atoms. The lowest BCUT2D eigenvalue weighted by Gasteiger charge is -2.28. The van der Waals surface area contributed by atoms with Crippen molar-refractivity contribution in [2.24, 2.45) is 11.3 Å². The normalized spacial score (nSPS) is 11.7. The molecule has 0 saturated carbocycles. The Labute approximate surface area is 194 Å². The number of nitro benzene ring substituents is 1. The zero-order valence-corrected chi connectivity index (χ0v) is 19.6. The Morgan fingerprint density at radius 3 is 2.27 bits per heavy atom. The summed E-state index contributed by atoms with van der Waals surface area (Å²) in [5.74, 6) is -0.926. The van der Waals surface area contributed by atoms with Crippen LogP contribution in [0.15, 0.2) is 53.4 Å². The Balaban J connectivity index is 2.33. The summed E-state index contributed by atoms with van der Waals surface area (Å²) in [7, 11) is -4.14. The lowest BCUT2D eigenvalue weighted by molar-refractivity contribution is -0.386. The summed E-state index contributed by atoms with van der Waals surface area (Å²) < 4.78 is 27.5. The van der Waals surface area contributed by atoms with E-state index in [2.05, 4.69) is 0 Å². The summed E-state index contributed by atoms with van der Waals surface area (Å²) in [6.07, 6.45) is 1.21. The third-order valence-electron chi connectivity index (χ3n) is 5.24. The van der Waals surface area contributed by atoms with Gasteiger partial charge in [-0.25, -0.2) is 8.42 Å². The maximum Gasteiger partial charge on any atom is 0.313 e. The van der Waals surface area contributed by atoms with Crippen LogP contribution >= 0.6 is 0 Å². The Bertz CT molecular complexity index is 1150. The lowest BCUT2D eigenvalue weighted by atomic mass is 9.82. The fraction of sp³-hybridized carbons (Fsp3) is 0.391. The van der Waals surface area contributed by atoms with Gasteiger partial charge < -0.3 is 4.84 Å². The number of hydrogen-bond donors (Lipinski definition) is 0. The minimum atomic E-state index is -4.14. The highest BCUT2D eigenvalue weighted by atomic mass is 32.2. The van der Waals surface area contributed by atoms with Crippen molar-refractivity contribution in [2.75, 3.05) is 6.54 Å². The molecule has 0 N–H and O–H groups in total. The van der Waals surface area contributed by atoms with Gasteiger partial charge in [-0.2, -0.15) is 10.5 Å². The molecule has 2 aromatic carbocycles. The van der Waals surface area contributed by atoms with E-state index in [-0.39, 0.29) is 22.9 Å². The molecule has 0 amide bonds. The van der Waals surface area contributed by atoms with Crippen molar-refractivity contribution >= 4 is 15.7 Å². The first-order chi connectivity index (χ1) is 15.5. The molecule has 0 aliphatic carbocycles. The van der Waals surface area contributed by atoms with Crippen molar-refractivity contribution in [1.29, 1.82) is 10.5 Å². The number of nitro groups is 1. The van der Waals surface area contributed by atoms with E-state index in [1.165, 1.54) is 36.4 Å². The summed E-state index contributed by atoms with van der Waals surface area (Å²) in [4.78, 5) is 16.4. The van der Waals surface area contributed by atoms with Crippen LogP contribution in [0.4, 0.5) is 5.69 Å². The predicted molar refractivity (Wildman–Crippen MR) is 121 cm³/mol. The van der Waals surface area contributed by atoms with E-state index in [0.717, 1.165) is 10.0 Å². The van der Waals surface area contributed by atoms with Crippen LogP contribution in [0, 0.1) is 51.0 Å². The molecule has 2 aromatic rings. The minimum Gasteiger partial charge on any atom is -0.383 e. The van der Waals surface area contributed by atoms with Crippen molar-refractivity contribution in [3.63, 3.8) is 0 Å². The number of nitriles is 2. The summed E-state index contributed by atoms with van der Waals surface area (Å²) in [6, 6.07) is 15.6. The number of benzene rings is 2. The molecule has 0 spiro atoms. The van der Waals surface area contributed by atoms with Gasteiger partial charge in [0, 0.05) is 6.07 Å². The molecule has 9 nitrogen and oxygen atoms in total. The Kier molecular flexibility index (Phi) is 8.52. The van der Waals surface area contributed by atoms with Gasteiger partial charge in [0.25, 0.3) is 10.0 Å². The highest BCUT2D eigenvalue weighted by Crippen LogP contribution is 2.32. The van der Waals surface area contributed by atoms with Crippen molar-refractivity contribution in [3.05, 3.63) is 64.2 Å². The van der Waals surface area contributed by atoms with Crippen LogP contribution in [0.1, 0.15) is 38.7 Å². The van der Waals surface area contributed by atoms with E-state index in [4.69, 9.17) is 15.4 Å². The smallest absolute Gasteiger partial charge is 0.313 e. The van der Waals surface area contributed by atoms with Crippen LogP contribution < -0.4 is 4.84 Å². The third-order valence-corrected chi connectivity index (χ3v) is 6.90. The number of nitrogens with zero attached hydrogens (tertiary/aromatic N) is 4. The molecule has 174 valence electrons. The second-order valence-corrected chi connectivity index (χ2v) is 10.3. The molecule has 33 heavy (non-hydrogen) atoms. The van der Waals surface area contributed by atoms with Gasteiger partial charge >= 0.3 is 5.69 Å². The fourth-order valence-electron chi connectivity index (χ4n) is 3.05. The average Bonchev–Trinajstić information content (AvgIpc) is 2.77. The number of rotatable bonds is 11. The molecule has 0 fully saturated rings. The first-order valence-electron chi connectivity index (χ1n) is 10.3. The largest absolute Gasteiger partial charge is 0.383 e. The predicted octanol–water partition coefficient (Wildman–Crippen LogP) is 4.75. The van der Waals surface area contributed by atoms with Crippen molar-refractivity contribution in [2.45, 2.75) is 44.9 Å². The lowest BCUT2D eigenvalue weighted by Crippen LogP contribution is -2.37. The maximum absolute atomic E-state index is 13.3. The topological polar surface area (TPSA) is 137 Å². The third kappa shape index (κ3) is 7.01. The Morgan fingerprint density at radius 2 is 1.70 bits per heavy atom. The first-order valence-corrected chi connectivity index (χ1v) is 11.7. The monoisotopic (exact) mass is 470 g/mol. The summed E-state index contributed by atoms with van der Waals surface area (Å²) in [5.41, 5.74) is 0.108. The molecule has 10 heteroatoms. The van der Waals surface area contributed by atoms with Gasteiger partial charge in [0.2, 0.25) is 5.75 Å². The zero-order valence-electron chi connectivity index (χ0n) is 18.8. The maximum atomic E-state index is 13.3. The number of para-hydroxylation sites is 2. The van der Waals surface area contributed by atoms with Gasteiger partial charge in [-0.05, 0) is 54.3 Å². The SMILES string of the molecule is Cc1ccc(S(=O)(=O)N(CCC(C)(C)CCC(C#N)C#N)Oc2ccccc2[N+](=O)[O-])cc1. The van der Waals surface area contributed by atoms with E-state index in [1.807, 2.05) is 32.9 Å². The van der Waals surface area contributed by atoms with Crippen LogP contribution in [0.5, 0.6) is 5.75 Å². The number of hydrogen-bond acceptors (Lipinski definition) is 7. The van der Waals surface area contributed by atoms with Crippen LogP contribution in [-0.2, 0) is 10.0 Å². The summed E-state index contributed by atoms with van der Waals surface area (Å²) in [6.45, 7) is 5.55. The molecule has 0 heterocycles. The van der Waals surface area contributed by atoms with E-state index < -0.39 is 26.3 Å². The van der Waals surface area contributed by atoms with Gasteiger partial charge in [-0.3, -0.25) is 10.1 Å². The van der Waals surface area contributed by atoms with Gasteiger partial charge in [0.05, 0.1) is 28.5 Å². The minimum absolute atomic E-state index is 0.00137. The second-order valence-electron chi connectivity index (χ2n) is 8.42. The van der Waals surface area contributed by atoms with E-state index in [1.54, 1.807) is 12.1 Å². The zero-order chi connectivity index (χ0) is 24.6. The first kappa shape index (κ1) is 25.8. The van der Waals surface area contributed by atoms with Gasteiger partial charge in [-0.1, -0.05) is 43.7 Å². The Hall–Kier alpha value is -3.47. The second kappa shape index (κ2) is 10.9. The van der Waals surface area contributed by atoms with Gasteiger partial charge in [-0.15, -0.1) is 0 Å². The molecule has 2 rings (SSSR count). The average molecular weight is 471 g/mol. The van der Waals surface area contributed by atoms with Crippen molar-refractivity contribution in [3.8, 4) is 17.9 Å². The standard InChI is InChI=1S/C23H26N4O5S/c1-18-8-10-20(11-9-18)33(30,31)26(32-22-7-5-4-6-21(22)27(28)29)15-14-23(2,3)13-12-19(16-24)17-25/h4-11,19H,12-15H2,1-3H3. The summed E-state index contributed by atoms with van der Waals surface area (Å²) >= 11 is 0. The molecule has 0 radical (unpaired) electrons.